The van der Waals surface area contributed by atoms with Crippen molar-refractivity contribution in [3.05, 3.63) is 51.7 Å². The number of hydrogen-bond donors (Lipinski definition) is 0. The largest absolute Gasteiger partial charge is 0.370 e. The highest BCUT2D eigenvalue weighted by atomic mass is 32.1. The molecule has 4 heterocycles. The van der Waals surface area contributed by atoms with Gasteiger partial charge in [-0.2, -0.15) is 0 Å². The second-order valence-corrected chi connectivity index (χ2v) is 11.4. The zero-order valence-corrected chi connectivity index (χ0v) is 23.0. The minimum atomic E-state index is -0.267. The highest BCUT2D eigenvalue weighted by Crippen LogP contribution is 2.35. The van der Waals surface area contributed by atoms with Crippen LogP contribution in [-0.2, 0) is 16.1 Å². The molecule has 1 aromatic carbocycles. The zero-order valence-electron chi connectivity index (χ0n) is 22.2. The first-order valence-corrected chi connectivity index (χ1v) is 14.6. The van der Waals surface area contributed by atoms with Gasteiger partial charge in [0.1, 0.15) is 0 Å². The number of fused-ring (bicyclic) bond motifs is 1. The van der Waals surface area contributed by atoms with Crippen LogP contribution in [0.3, 0.4) is 0 Å². The highest BCUT2D eigenvalue weighted by Gasteiger charge is 2.40. The Morgan fingerprint density at radius 3 is 2.45 bits per heavy atom. The van der Waals surface area contributed by atoms with Crippen LogP contribution in [0.1, 0.15) is 65.1 Å². The van der Waals surface area contributed by atoms with E-state index in [2.05, 4.69) is 4.90 Å². The van der Waals surface area contributed by atoms with E-state index in [1.165, 1.54) is 16.2 Å². The molecule has 8 nitrogen and oxygen atoms in total. The lowest BCUT2D eigenvalue weighted by Gasteiger charge is -2.39. The summed E-state index contributed by atoms with van der Waals surface area (Å²) >= 11 is 1.53. The molecule has 4 amide bonds. The third kappa shape index (κ3) is 4.96. The number of likely N-dealkylation sites (tertiary alicyclic amines) is 1. The van der Waals surface area contributed by atoms with Gasteiger partial charge in [0.25, 0.3) is 11.8 Å². The molecule has 5 rings (SSSR count). The summed E-state index contributed by atoms with van der Waals surface area (Å²) in [7, 11) is 0. The fourth-order valence-corrected chi connectivity index (χ4v) is 6.80. The van der Waals surface area contributed by atoms with E-state index in [1.54, 1.807) is 6.07 Å². The van der Waals surface area contributed by atoms with Crippen LogP contribution in [0.5, 0.6) is 0 Å². The Morgan fingerprint density at radius 2 is 1.71 bits per heavy atom. The quantitative estimate of drug-likeness (QED) is 0.502. The van der Waals surface area contributed by atoms with Gasteiger partial charge in [0.15, 0.2) is 0 Å². The SMILES string of the molecule is CCN(CC)C(=O)C1CCCN(C(=O)C2CCCN(c3cccc4c3C(=O)N(Cc3cccs3)C4=O)C2)C1. The molecule has 0 aliphatic carbocycles. The molecule has 9 heteroatoms. The van der Waals surface area contributed by atoms with Gasteiger partial charge in [-0.25, -0.2) is 0 Å². The summed E-state index contributed by atoms with van der Waals surface area (Å²) in [4.78, 5) is 61.3. The van der Waals surface area contributed by atoms with Crippen molar-refractivity contribution in [1.82, 2.24) is 14.7 Å². The summed E-state index contributed by atoms with van der Waals surface area (Å²) in [6, 6.07) is 9.29. The highest BCUT2D eigenvalue weighted by molar-refractivity contribution is 7.09. The number of amides is 4. The predicted molar refractivity (Wildman–Crippen MR) is 147 cm³/mol. The normalized spacial score (nSPS) is 21.6. The first-order chi connectivity index (χ1) is 18.4. The standard InChI is InChI=1S/C29H36N4O4S/c1-3-30(4-2)26(34)21-10-7-15-32(18-21)27(35)20-9-6-14-31(17-20)24-13-5-12-23-25(24)29(37)33(28(23)36)19-22-11-8-16-38-22/h5,8,11-13,16,20-21H,3-4,6-7,9-10,14-15,17-19H2,1-2H3. The molecule has 202 valence electrons. The van der Waals surface area contributed by atoms with E-state index < -0.39 is 0 Å². The minimum absolute atomic E-state index is 0.0982. The van der Waals surface area contributed by atoms with Crippen LogP contribution in [0.15, 0.2) is 35.7 Å². The lowest BCUT2D eigenvalue weighted by Crippen LogP contribution is -2.50. The Morgan fingerprint density at radius 1 is 0.947 bits per heavy atom. The van der Waals surface area contributed by atoms with Crippen LogP contribution in [0.25, 0.3) is 0 Å². The Hall–Kier alpha value is -3.20. The number of piperidine rings is 2. The van der Waals surface area contributed by atoms with Crippen molar-refractivity contribution in [2.45, 2.75) is 46.1 Å². The van der Waals surface area contributed by atoms with E-state index in [9.17, 15) is 19.2 Å². The molecular formula is C29H36N4O4S. The van der Waals surface area contributed by atoms with Crippen molar-refractivity contribution in [3.63, 3.8) is 0 Å². The average molecular weight is 537 g/mol. The number of carbonyl (C=O) groups is 4. The lowest BCUT2D eigenvalue weighted by atomic mass is 9.91. The summed E-state index contributed by atoms with van der Waals surface area (Å²) in [5.41, 5.74) is 1.62. The third-order valence-electron chi connectivity index (χ3n) is 8.14. The minimum Gasteiger partial charge on any atom is -0.370 e. The molecule has 0 radical (unpaired) electrons. The topological polar surface area (TPSA) is 81.2 Å². The molecular weight excluding hydrogens is 500 g/mol. The van der Waals surface area contributed by atoms with E-state index in [4.69, 9.17) is 0 Å². The van der Waals surface area contributed by atoms with E-state index >= 15 is 0 Å². The number of carbonyl (C=O) groups excluding carboxylic acids is 4. The fourth-order valence-electron chi connectivity index (χ4n) is 6.11. The molecule has 3 aliphatic rings. The molecule has 2 atom stereocenters. The summed E-state index contributed by atoms with van der Waals surface area (Å²) in [5.74, 6) is -0.619. The second-order valence-electron chi connectivity index (χ2n) is 10.4. The number of benzene rings is 1. The predicted octanol–water partition coefficient (Wildman–Crippen LogP) is 3.87. The zero-order chi connectivity index (χ0) is 26.8. The Kier molecular flexibility index (Phi) is 7.83. The van der Waals surface area contributed by atoms with Crippen LogP contribution >= 0.6 is 11.3 Å². The van der Waals surface area contributed by atoms with Gasteiger partial charge in [0.05, 0.1) is 35.2 Å². The van der Waals surface area contributed by atoms with Crippen molar-refractivity contribution in [3.8, 4) is 0 Å². The molecule has 1 aromatic heterocycles. The van der Waals surface area contributed by atoms with Gasteiger partial charge < -0.3 is 14.7 Å². The number of rotatable bonds is 7. The molecule has 0 bridgehead atoms. The van der Waals surface area contributed by atoms with Gasteiger partial charge in [-0.05, 0) is 63.1 Å². The van der Waals surface area contributed by atoms with Gasteiger partial charge in [-0.15, -0.1) is 11.3 Å². The number of anilines is 1. The molecule has 38 heavy (non-hydrogen) atoms. The van der Waals surface area contributed by atoms with Crippen molar-refractivity contribution < 1.29 is 19.2 Å². The van der Waals surface area contributed by atoms with Crippen LogP contribution in [0.2, 0.25) is 0 Å². The van der Waals surface area contributed by atoms with Crippen LogP contribution in [-0.4, -0.2) is 77.6 Å². The summed E-state index contributed by atoms with van der Waals surface area (Å²) < 4.78 is 0. The molecule has 2 aromatic rings. The van der Waals surface area contributed by atoms with Gasteiger partial charge in [0, 0.05) is 44.1 Å². The van der Waals surface area contributed by atoms with E-state index in [-0.39, 0.29) is 42.0 Å². The second kappa shape index (κ2) is 11.3. The Labute approximate surface area is 228 Å². The molecule has 2 unspecified atom stereocenters. The smallest absolute Gasteiger partial charge is 0.264 e. The maximum atomic E-state index is 13.6. The molecule has 2 fully saturated rings. The third-order valence-corrected chi connectivity index (χ3v) is 9.00. The number of hydrogen-bond acceptors (Lipinski definition) is 6. The van der Waals surface area contributed by atoms with Gasteiger partial charge in [-0.3, -0.25) is 24.1 Å². The van der Waals surface area contributed by atoms with E-state index in [1.807, 2.05) is 53.3 Å². The lowest BCUT2D eigenvalue weighted by molar-refractivity contribution is -0.142. The van der Waals surface area contributed by atoms with Gasteiger partial charge in [0.2, 0.25) is 11.8 Å². The van der Waals surface area contributed by atoms with Crippen LogP contribution in [0.4, 0.5) is 5.69 Å². The number of nitrogens with zero attached hydrogens (tertiary/aromatic N) is 4. The van der Waals surface area contributed by atoms with Crippen molar-refractivity contribution in [2.24, 2.45) is 11.8 Å². The fraction of sp³-hybridized carbons (Fsp3) is 0.517. The first-order valence-electron chi connectivity index (χ1n) is 13.8. The maximum absolute atomic E-state index is 13.6. The van der Waals surface area contributed by atoms with Crippen LogP contribution < -0.4 is 4.90 Å². The summed E-state index contributed by atoms with van der Waals surface area (Å²) in [6.07, 6.45) is 3.27. The maximum Gasteiger partial charge on any atom is 0.264 e. The monoisotopic (exact) mass is 536 g/mol. The Balaban J connectivity index is 1.30. The van der Waals surface area contributed by atoms with Crippen molar-refractivity contribution in [2.75, 3.05) is 44.2 Å². The average Bonchev–Trinajstić information content (AvgIpc) is 3.56. The molecule has 0 N–H and O–H groups in total. The molecule has 0 saturated carbocycles. The van der Waals surface area contributed by atoms with E-state index in [0.717, 1.165) is 42.8 Å². The number of thiophene rings is 1. The van der Waals surface area contributed by atoms with E-state index in [0.29, 0.717) is 43.9 Å². The van der Waals surface area contributed by atoms with Crippen molar-refractivity contribution in [1.29, 1.82) is 0 Å². The summed E-state index contributed by atoms with van der Waals surface area (Å²) in [6.45, 7) is 8.03. The Bertz CT molecular complexity index is 1210. The van der Waals surface area contributed by atoms with Crippen molar-refractivity contribution >= 4 is 40.7 Å². The molecule has 2 saturated heterocycles. The van der Waals surface area contributed by atoms with Crippen LogP contribution in [0, 0.1) is 11.8 Å². The first kappa shape index (κ1) is 26.4. The number of imide groups is 1. The van der Waals surface area contributed by atoms with Gasteiger partial charge >= 0.3 is 0 Å². The summed E-state index contributed by atoms with van der Waals surface area (Å²) in [5, 5.41) is 1.94. The molecule has 3 aliphatic heterocycles. The molecule has 0 spiro atoms. The van der Waals surface area contributed by atoms with Gasteiger partial charge in [-0.1, -0.05) is 12.1 Å².